The maximum atomic E-state index is 12.1. The third-order valence-electron chi connectivity index (χ3n) is 3.24. The SMILES string of the molecule is CC(OC(=O)c1csc(-c2ccsc2)n1)C(=O)N1CCNC1=O. The summed E-state index contributed by atoms with van der Waals surface area (Å²) in [7, 11) is 0. The minimum Gasteiger partial charge on any atom is -0.448 e. The number of urea groups is 1. The molecule has 0 spiro atoms. The Kier molecular flexibility index (Phi) is 4.39. The van der Waals surface area contributed by atoms with Gasteiger partial charge in [-0.2, -0.15) is 11.3 Å². The summed E-state index contributed by atoms with van der Waals surface area (Å²) in [5, 5.41) is 8.70. The number of imide groups is 1. The van der Waals surface area contributed by atoms with Gasteiger partial charge in [0, 0.05) is 29.4 Å². The molecule has 0 aliphatic carbocycles. The van der Waals surface area contributed by atoms with Crippen molar-refractivity contribution in [2.45, 2.75) is 13.0 Å². The maximum Gasteiger partial charge on any atom is 0.358 e. The second-order valence-electron chi connectivity index (χ2n) is 4.82. The Morgan fingerprint density at radius 1 is 1.43 bits per heavy atom. The monoisotopic (exact) mass is 351 g/mol. The van der Waals surface area contributed by atoms with Crippen molar-refractivity contribution in [3.05, 3.63) is 27.9 Å². The molecule has 23 heavy (non-hydrogen) atoms. The number of amides is 3. The molecule has 120 valence electrons. The van der Waals surface area contributed by atoms with Gasteiger partial charge in [-0.1, -0.05) is 0 Å². The molecule has 1 aliphatic heterocycles. The molecule has 3 heterocycles. The summed E-state index contributed by atoms with van der Waals surface area (Å²) < 4.78 is 5.13. The number of carbonyl (C=O) groups excluding carboxylic acids is 3. The van der Waals surface area contributed by atoms with Gasteiger partial charge in [0.05, 0.1) is 0 Å². The molecule has 1 saturated heterocycles. The minimum absolute atomic E-state index is 0.154. The largest absolute Gasteiger partial charge is 0.448 e. The fourth-order valence-electron chi connectivity index (χ4n) is 2.06. The number of hydrogen-bond acceptors (Lipinski definition) is 7. The zero-order chi connectivity index (χ0) is 16.4. The van der Waals surface area contributed by atoms with E-state index in [9.17, 15) is 14.4 Å². The summed E-state index contributed by atoms with van der Waals surface area (Å²) in [5.41, 5.74) is 1.10. The molecule has 1 fully saturated rings. The number of nitrogens with zero attached hydrogens (tertiary/aromatic N) is 2. The van der Waals surface area contributed by atoms with Crippen LogP contribution in [-0.4, -0.2) is 47.0 Å². The normalized spacial score (nSPS) is 15.3. The lowest BCUT2D eigenvalue weighted by molar-refractivity contribution is -0.136. The van der Waals surface area contributed by atoms with E-state index in [-0.39, 0.29) is 12.2 Å². The molecular weight excluding hydrogens is 338 g/mol. The van der Waals surface area contributed by atoms with E-state index in [1.54, 1.807) is 16.7 Å². The van der Waals surface area contributed by atoms with Gasteiger partial charge in [0.1, 0.15) is 5.01 Å². The molecule has 1 aliphatic rings. The average Bonchev–Trinajstić information content (AvgIpc) is 3.26. The van der Waals surface area contributed by atoms with Gasteiger partial charge in [-0.05, 0) is 18.4 Å². The Morgan fingerprint density at radius 3 is 2.91 bits per heavy atom. The molecule has 1 atom stereocenters. The van der Waals surface area contributed by atoms with Gasteiger partial charge in [-0.25, -0.2) is 14.6 Å². The first-order valence-corrected chi connectivity index (χ1v) is 8.67. The van der Waals surface area contributed by atoms with Crippen LogP contribution in [0.25, 0.3) is 10.6 Å². The van der Waals surface area contributed by atoms with Crippen LogP contribution in [0.5, 0.6) is 0 Å². The van der Waals surface area contributed by atoms with Gasteiger partial charge in [0.25, 0.3) is 5.91 Å². The van der Waals surface area contributed by atoms with E-state index in [1.807, 2.05) is 16.8 Å². The van der Waals surface area contributed by atoms with Crippen LogP contribution in [0.4, 0.5) is 4.79 Å². The van der Waals surface area contributed by atoms with Crippen molar-refractivity contribution in [1.29, 1.82) is 0 Å². The number of esters is 1. The van der Waals surface area contributed by atoms with Crippen molar-refractivity contribution in [2.24, 2.45) is 0 Å². The molecule has 0 saturated carbocycles. The van der Waals surface area contributed by atoms with Gasteiger partial charge in [0.15, 0.2) is 11.8 Å². The zero-order valence-corrected chi connectivity index (χ0v) is 13.8. The van der Waals surface area contributed by atoms with E-state index in [4.69, 9.17) is 4.74 Å². The van der Waals surface area contributed by atoms with Crippen LogP contribution in [0, 0.1) is 0 Å². The summed E-state index contributed by atoms with van der Waals surface area (Å²) in [6, 6.07) is 1.45. The molecule has 2 aromatic heterocycles. The second kappa shape index (κ2) is 6.47. The Bertz CT molecular complexity index is 741. The van der Waals surface area contributed by atoms with Crippen LogP contribution in [0.2, 0.25) is 0 Å². The molecule has 7 nitrogen and oxygen atoms in total. The van der Waals surface area contributed by atoms with Crippen LogP contribution < -0.4 is 5.32 Å². The van der Waals surface area contributed by atoms with Crippen LogP contribution in [0.15, 0.2) is 22.2 Å². The highest BCUT2D eigenvalue weighted by atomic mass is 32.1. The molecule has 0 aromatic carbocycles. The molecule has 1 unspecified atom stereocenters. The Morgan fingerprint density at radius 2 is 2.26 bits per heavy atom. The van der Waals surface area contributed by atoms with E-state index >= 15 is 0 Å². The number of aromatic nitrogens is 1. The third kappa shape index (κ3) is 3.25. The second-order valence-corrected chi connectivity index (χ2v) is 6.46. The van der Waals surface area contributed by atoms with Gasteiger partial charge in [-0.3, -0.25) is 9.69 Å². The first-order chi connectivity index (χ1) is 11.1. The first-order valence-electron chi connectivity index (χ1n) is 6.84. The number of carbonyl (C=O) groups is 3. The number of thiophene rings is 1. The highest BCUT2D eigenvalue weighted by molar-refractivity contribution is 7.14. The maximum absolute atomic E-state index is 12.1. The van der Waals surface area contributed by atoms with E-state index in [1.165, 1.54) is 18.3 Å². The zero-order valence-electron chi connectivity index (χ0n) is 12.1. The van der Waals surface area contributed by atoms with E-state index < -0.39 is 24.0 Å². The summed E-state index contributed by atoms with van der Waals surface area (Å²) >= 11 is 2.88. The standard InChI is InChI=1S/C14H13N3O4S2/c1-8(12(18)17-4-3-15-14(17)20)21-13(19)10-7-23-11(16-10)9-2-5-22-6-9/h2,5-8H,3-4H2,1H3,(H,15,20). The van der Waals surface area contributed by atoms with Crippen molar-refractivity contribution >= 4 is 40.6 Å². The number of nitrogens with one attached hydrogen (secondary N) is 1. The summed E-state index contributed by atoms with van der Waals surface area (Å²) in [6.07, 6.45) is -1.04. The summed E-state index contributed by atoms with van der Waals surface area (Å²) in [5.74, 6) is -1.22. The van der Waals surface area contributed by atoms with Gasteiger partial charge in [-0.15, -0.1) is 11.3 Å². The molecule has 3 rings (SSSR count). The highest BCUT2D eigenvalue weighted by Gasteiger charge is 2.32. The molecule has 0 radical (unpaired) electrons. The number of hydrogen-bond donors (Lipinski definition) is 1. The Labute approximate surface area is 139 Å². The topological polar surface area (TPSA) is 88.6 Å². The molecule has 1 N–H and O–H groups in total. The molecular formula is C14H13N3O4S2. The Hall–Kier alpha value is -2.26. The molecule has 2 aromatic rings. The molecule has 3 amide bonds. The van der Waals surface area contributed by atoms with Crippen molar-refractivity contribution in [2.75, 3.05) is 13.1 Å². The van der Waals surface area contributed by atoms with Crippen LogP contribution in [0.1, 0.15) is 17.4 Å². The Balaban J connectivity index is 1.64. The average molecular weight is 351 g/mol. The van der Waals surface area contributed by atoms with Crippen molar-refractivity contribution in [1.82, 2.24) is 15.2 Å². The van der Waals surface area contributed by atoms with Crippen molar-refractivity contribution in [3.63, 3.8) is 0 Å². The van der Waals surface area contributed by atoms with Gasteiger partial charge < -0.3 is 10.1 Å². The lowest BCUT2D eigenvalue weighted by atomic mass is 10.3. The summed E-state index contributed by atoms with van der Waals surface area (Å²) in [4.78, 5) is 40.9. The van der Waals surface area contributed by atoms with Crippen molar-refractivity contribution in [3.8, 4) is 10.6 Å². The van der Waals surface area contributed by atoms with Gasteiger partial charge >= 0.3 is 12.0 Å². The van der Waals surface area contributed by atoms with Crippen LogP contribution in [-0.2, 0) is 9.53 Å². The van der Waals surface area contributed by atoms with Crippen LogP contribution >= 0.6 is 22.7 Å². The lowest BCUT2D eigenvalue weighted by Crippen LogP contribution is -2.41. The smallest absolute Gasteiger partial charge is 0.358 e. The van der Waals surface area contributed by atoms with Gasteiger partial charge in [0.2, 0.25) is 0 Å². The third-order valence-corrected chi connectivity index (χ3v) is 4.81. The predicted molar refractivity (Wildman–Crippen MR) is 85.4 cm³/mol. The van der Waals surface area contributed by atoms with E-state index in [2.05, 4.69) is 10.3 Å². The lowest BCUT2D eigenvalue weighted by Gasteiger charge is -2.17. The highest BCUT2D eigenvalue weighted by Crippen LogP contribution is 2.26. The van der Waals surface area contributed by atoms with Crippen LogP contribution in [0.3, 0.4) is 0 Å². The fraction of sp³-hybridized carbons (Fsp3) is 0.286. The number of rotatable bonds is 4. The summed E-state index contributed by atoms with van der Waals surface area (Å²) in [6.45, 7) is 2.12. The number of thiazole rings is 1. The molecule has 0 bridgehead atoms. The predicted octanol–water partition coefficient (Wildman–Crippen LogP) is 1.97. The number of ether oxygens (including phenoxy) is 1. The van der Waals surface area contributed by atoms with E-state index in [0.717, 1.165) is 15.5 Å². The fourth-order valence-corrected chi connectivity index (χ4v) is 3.56. The minimum atomic E-state index is -1.04. The van der Waals surface area contributed by atoms with E-state index in [0.29, 0.717) is 6.54 Å². The van der Waals surface area contributed by atoms with Crippen molar-refractivity contribution < 1.29 is 19.1 Å². The quantitative estimate of drug-likeness (QED) is 0.851. The molecule has 9 heteroatoms. The first kappa shape index (κ1) is 15.6.